The number of nitrogens with zero attached hydrogens (tertiary/aromatic N) is 2. The van der Waals surface area contributed by atoms with E-state index in [0.29, 0.717) is 12.3 Å². The van der Waals surface area contributed by atoms with Crippen LogP contribution in [0.25, 0.3) is 0 Å². The summed E-state index contributed by atoms with van der Waals surface area (Å²) in [5.41, 5.74) is 2.04. The maximum absolute atomic E-state index is 11.3. The molecule has 0 unspecified atom stereocenters. The van der Waals surface area contributed by atoms with E-state index in [1.807, 2.05) is 50.1 Å². The van der Waals surface area contributed by atoms with Crippen LogP contribution in [-0.2, 0) is 6.54 Å². The van der Waals surface area contributed by atoms with E-state index in [-0.39, 0.29) is 24.8 Å². The Kier molecular flexibility index (Phi) is 10.2. The van der Waals surface area contributed by atoms with E-state index < -0.39 is 6.09 Å². The summed E-state index contributed by atoms with van der Waals surface area (Å²) in [5.74, 6) is 0.592. The summed E-state index contributed by atoms with van der Waals surface area (Å²) in [4.78, 5) is 15.4. The van der Waals surface area contributed by atoms with Gasteiger partial charge in [0.15, 0.2) is 0 Å². The Bertz CT molecular complexity index is 426. The van der Waals surface area contributed by atoms with Gasteiger partial charge in [0.25, 0.3) is 0 Å². The molecule has 0 atom stereocenters. The Balaban J connectivity index is 0. The van der Waals surface area contributed by atoms with Crippen molar-refractivity contribution in [3.63, 3.8) is 0 Å². The number of anilines is 1. The number of nitrogens with one attached hydrogen (secondary N) is 1. The third-order valence-corrected chi connectivity index (χ3v) is 2.47. The van der Waals surface area contributed by atoms with E-state index in [1.54, 1.807) is 13.1 Å². The Labute approximate surface area is 133 Å². The molecule has 0 heterocycles. The third kappa shape index (κ3) is 5.86. The van der Waals surface area contributed by atoms with Crippen molar-refractivity contribution in [3.8, 4) is 5.75 Å². The number of hydrogen-bond acceptors (Lipinski definition) is 4. The molecule has 0 spiro atoms. The molecule has 0 aliphatic carbocycles. The standard InChI is InChI=1S/C13H21N3O2.2ClH/c1-14-13(17)18-12-8-6-7-11(16(4)5)10(12)9-15(2)3;;/h6-8H,9H2,1-5H3,(H,14,17);2*1H. The van der Waals surface area contributed by atoms with Gasteiger partial charge in [-0.1, -0.05) is 6.07 Å². The predicted molar refractivity (Wildman–Crippen MR) is 87.7 cm³/mol. The van der Waals surface area contributed by atoms with Gasteiger partial charge in [-0.2, -0.15) is 0 Å². The van der Waals surface area contributed by atoms with Crippen molar-refractivity contribution in [1.29, 1.82) is 0 Å². The first-order valence-corrected chi connectivity index (χ1v) is 5.79. The van der Waals surface area contributed by atoms with Gasteiger partial charge in [-0.15, -0.1) is 24.8 Å². The minimum atomic E-state index is -0.453. The summed E-state index contributed by atoms with van der Waals surface area (Å²) >= 11 is 0. The van der Waals surface area contributed by atoms with Gasteiger partial charge in [0.05, 0.1) is 0 Å². The molecule has 0 saturated carbocycles. The van der Waals surface area contributed by atoms with Crippen LogP contribution in [0.5, 0.6) is 5.75 Å². The molecular weight excluding hydrogens is 301 g/mol. The zero-order valence-corrected chi connectivity index (χ0v) is 14.1. The van der Waals surface area contributed by atoms with Crippen LogP contribution in [0.3, 0.4) is 0 Å². The smallest absolute Gasteiger partial charge is 0.410 e. The van der Waals surface area contributed by atoms with Crippen LogP contribution < -0.4 is 15.0 Å². The first kappa shape index (κ1) is 21.1. The van der Waals surface area contributed by atoms with E-state index >= 15 is 0 Å². The van der Waals surface area contributed by atoms with Gasteiger partial charge < -0.3 is 19.9 Å². The minimum absolute atomic E-state index is 0. The summed E-state index contributed by atoms with van der Waals surface area (Å²) in [6.45, 7) is 0.709. The maximum atomic E-state index is 11.3. The molecule has 5 nitrogen and oxygen atoms in total. The molecule has 1 rings (SSSR count). The number of amides is 1. The second-order valence-electron chi connectivity index (χ2n) is 4.53. The highest BCUT2D eigenvalue weighted by atomic mass is 35.5. The third-order valence-electron chi connectivity index (χ3n) is 2.47. The molecule has 0 aromatic heterocycles. The molecule has 20 heavy (non-hydrogen) atoms. The topological polar surface area (TPSA) is 44.8 Å². The summed E-state index contributed by atoms with van der Waals surface area (Å²) in [5, 5.41) is 2.45. The van der Waals surface area contributed by atoms with Crippen molar-refractivity contribution in [1.82, 2.24) is 10.2 Å². The van der Waals surface area contributed by atoms with Crippen molar-refractivity contribution in [2.45, 2.75) is 6.54 Å². The second-order valence-corrected chi connectivity index (χ2v) is 4.53. The Morgan fingerprint density at radius 1 is 1.20 bits per heavy atom. The summed E-state index contributed by atoms with van der Waals surface area (Å²) in [7, 11) is 9.45. The second kappa shape index (κ2) is 9.69. The van der Waals surface area contributed by atoms with E-state index in [0.717, 1.165) is 11.3 Å². The van der Waals surface area contributed by atoms with E-state index in [2.05, 4.69) is 5.32 Å². The molecule has 1 aromatic rings. The summed E-state index contributed by atoms with van der Waals surface area (Å²) in [6.07, 6.45) is -0.453. The van der Waals surface area contributed by atoms with Crippen molar-refractivity contribution in [3.05, 3.63) is 23.8 Å². The lowest BCUT2D eigenvalue weighted by molar-refractivity contribution is 0.202. The number of rotatable bonds is 4. The highest BCUT2D eigenvalue weighted by Gasteiger charge is 2.14. The molecule has 1 N–H and O–H groups in total. The van der Waals surface area contributed by atoms with E-state index in [1.165, 1.54) is 0 Å². The predicted octanol–water partition coefficient (Wildman–Crippen LogP) is 2.38. The monoisotopic (exact) mass is 323 g/mol. The molecule has 0 saturated heterocycles. The number of ether oxygens (including phenoxy) is 1. The van der Waals surface area contributed by atoms with Gasteiger partial charge in [-0.25, -0.2) is 4.79 Å². The number of hydrogen-bond donors (Lipinski definition) is 1. The first-order chi connectivity index (χ1) is 8.45. The largest absolute Gasteiger partial charge is 0.412 e. The lowest BCUT2D eigenvalue weighted by atomic mass is 10.1. The van der Waals surface area contributed by atoms with Gasteiger partial charge >= 0.3 is 6.09 Å². The van der Waals surface area contributed by atoms with Crippen molar-refractivity contribution < 1.29 is 9.53 Å². The quantitative estimate of drug-likeness (QED) is 0.924. The zero-order chi connectivity index (χ0) is 13.7. The van der Waals surface area contributed by atoms with Crippen LogP contribution in [0.1, 0.15) is 5.56 Å². The van der Waals surface area contributed by atoms with Gasteiger partial charge in [0.2, 0.25) is 0 Å². The van der Waals surface area contributed by atoms with Crippen molar-refractivity contribution in [2.24, 2.45) is 0 Å². The number of carbonyl (C=O) groups excluding carboxylic acids is 1. The molecule has 0 radical (unpaired) electrons. The number of halogens is 2. The summed E-state index contributed by atoms with van der Waals surface area (Å²) in [6, 6.07) is 5.70. The highest BCUT2D eigenvalue weighted by molar-refractivity contribution is 5.85. The lowest BCUT2D eigenvalue weighted by Crippen LogP contribution is -2.24. The number of carbonyl (C=O) groups is 1. The normalized spacial score (nSPS) is 9.30. The minimum Gasteiger partial charge on any atom is -0.410 e. The molecule has 0 bridgehead atoms. The van der Waals surface area contributed by atoms with Crippen molar-refractivity contribution >= 4 is 36.6 Å². The van der Waals surface area contributed by atoms with Crippen LogP contribution in [-0.4, -0.2) is 46.2 Å². The van der Waals surface area contributed by atoms with Crippen LogP contribution in [0.4, 0.5) is 10.5 Å². The van der Waals surface area contributed by atoms with Gasteiger partial charge in [0.1, 0.15) is 5.75 Å². The molecule has 116 valence electrons. The molecule has 1 aromatic carbocycles. The summed E-state index contributed by atoms with van der Waals surface area (Å²) < 4.78 is 5.28. The SMILES string of the molecule is CNC(=O)Oc1cccc(N(C)C)c1CN(C)C.Cl.Cl. The fraction of sp³-hybridized carbons (Fsp3) is 0.462. The van der Waals surface area contributed by atoms with Crippen LogP contribution in [0.15, 0.2) is 18.2 Å². The Morgan fingerprint density at radius 2 is 1.80 bits per heavy atom. The van der Waals surface area contributed by atoms with E-state index in [9.17, 15) is 4.79 Å². The Hall–Kier alpha value is -1.17. The average molecular weight is 324 g/mol. The highest BCUT2D eigenvalue weighted by Crippen LogP contribution is 2.29. The van der Waals surface area contributed by atoms with Gasteiger partial charge in [0, 0.05) is 38.9 Å². The fourth-order valence-corrected chi connectivity index (χ4v) is 1.69. The molecule has 0 fully saturated rings. The van der Waals surface area contributed by atoms with Crippen LogP contribution in [0.2, 0.25) is 0 Å². The lowest BCUT2D eigenvalue weighted by Gasteiger charge is -2.22. The van der Waals surface area contributed by atoms with Gasteiger partial charge in [-0.3, -0.25) is 0 Å². The van der Waals surface area contributed by atoms with Gasteiger partial charge in [-0.05, 0) is 26.2 Å². The Morgan fingerprint density at radius 3 is 2.25 bits per heavy atom. The fourth-order valence-electron chi connectivity index (χ4n) is 1.69. The molecule has 1 amide bonds. The molecular formula is C13H23Cl2N3O2. The maximum Gasteiger partial charge on any atom is 0.412 e. The van der Waals surface area contributed by atoms with E-state index in [4.69, 9.17) is 4.74 Å². The van der Waals surface area contributed by atoms with Crippen molar-refractivity contribution in [2.75, 3.05) is 40.1 Å². The molecule has 0 aliphatic heterocycles. The average Bonchev–Trinajstić information content (AvgIpc) is 2.30. The molecule has 0 aliphatic rings. The van der Waals surface area contributed by atoms with Crippen LogP contribution >= 0.6 is 24.8 Å². The number of benzene rings is 1. The first-order valence-electron chi connectivity index (χ1n) is 5.79. The van der Waals surface area contributed by atoms with Crippen LogP contribution in [0, 0.1) is 0 Å². The zero-order valence-electron chi connectivity index (χ0n) is 12.5. The molecule has 7 heteroatoms.